The number of tetrazole rings is 1. The maximum atomic E-state index is 7.50. The Kier molecular flexibility index (Phi) is 3.18. The van der Waals surface area contributed by atoms with E-state index in [0.717, 1.165) is 10.9 Å². The molecule has 3 aromatic rings. The summed E-state index contributed by atoms with van der Waals surface area (Å²) in [4.78, 5) is 0. The van der Waals surface area contributed by atoms with Gasteiger partial charge in [0, 0.05) is 5.39 Å². The molecule has 0 fully saturated rings. The van der Waals surface area contributed by atoms with Gasteiger partial charge in [0.2, 0.25) is 0 Å². The molecule has 0 atom stereocenters. The Morgan fingerprint density at radius 2 is 2.00 bits per heavy atom. The zero-order valence-electron chi connectivity index (χ0n) is 10.3. The third-order valence-corrected chi connectivity index (χ3v) is 2.47. The Balaban J connectivity index is 0.000000574. The standard InChI is InChI=1S/C10H8N6.C2H6/c11-9(12)7-5-6-3-1-2-4-8(6)16-10(7)13-14-15-16;1-2/h1-5H,(H3,11,12);1-2H3. The smallest absolute Gasteiger partial charge is 0.190 e. The average molecular weight is 242 g/mol. The number of fused-ring (bicyclic) bond motifs is 3. The van der Waals surface area contributed by atoms with Gasteiger partial charge in [0.15, 0.2) is 5.65 Å². The lowest BCUT2D eigenvalue weighted by Crippen LogP contribution is -2.13. The van der Waals surface area contributed by atoms with Crippen LogP contribution >= 0.6 is 0 Å². The fourth-order valence-corrected chi connectivity index (χ4v) is 1.74. The summed E-state index contributed by atoms with van der Waals surface area (Å²) in [5, 5.41) is 19.8. The summed E-state index contributed by atoms with van der Waals surface area (Å²) in [7, 11) is 0. The van der Waals surface area contributed by atoms with E-state index in [4.69, 9.17) is 11.1 Å². The van der Waals surface area contributed by atoms with E-state index >= 15 is 0 Å². The number of nitrogens with one attached hydrogen (secondary N) is 1. The van der Waals surface area contributed by atoms with Crippen molar-refractivity contribution in [2.45, 2.75) is 13.8 Å². The first-order valence-electron chi connectivity index (χ1n) is 5.71. The Hall–Kier alpha value is -2.50. The van der Waals surface area contributed by atoms with E-state index in [9.17, 15) is 0 Å². The molecule has 0 bridgehead atoms. The highest BCUT2D eigenvalue weighted by Gasteiger charge is 2.10. The van der Waals surface area contributed by atoms with Crippen molar-refractivity contribution in [1.82, 2.24) is 20.0 Å². The van der Waals surface area contributed by atoms with Crippen LogP contribution in [0.2, 0.25) is 0 Å². The first kappa shape index (κ1) is 12.0. The van der Waals surface area contributed by atoms with Crippen LogP contribution in [-0.4, -0.2) is 25.9 Å². The molecule has 0 radical (unpaired) electrons. The Morgan fingerprint density at radius 3 is 2.72 bits per heavy atom. The van der Waals surface area contributed by atoms with Crippen LogP contribution in [0.3, 0.4) is 0 Å². The van der Waals surface area contributed by atoms with E-state index in [2.05, 4.69) is 15.5 Å². The van der Waals surface area contributed by atoms with Gasteiger partial charge in [-0.3, -0.25) is 5.41 Å². The normalized spacial score (nSPS) is 10.1. The molecular formula is C12H14N6. The van der Waals surface area contributed by atoms with Gasteiger partial charge in [-0.1, -0.05) is 32.0 Å². The second-order valence-electron chi connectivity index (χ2n) is 3.44. The minimum absolute atomic E-state index is 0.0365. The zero-order valence-corrected chi connectivity index (χ0v) is 10.3. The number of hydrogen-bond donors (Lipinski definition) is 2. The molecule has 0 amide bonds. The van der Waals surface area contributed by atoms with Gasteiger partial charge in [0.05, 0.1) is 11.1 Å². The molecule has 6 heteroatoms. The molecule has 92 valence electrons. The van der Waals surface area contributed by atoms with Crippen LogP contribution in [0.5, 0.6) is 0 Å². The van der Waals surface area contributed by atoms with E-state index < -0.39 is 0 Å². The average Bonchev–Trinajstić information content (AvgIpc) is 2.89. The lowest BCUT2D eigenvalue weighted by molar-refractivity contribution is 0.841. The van der Waals surface area contributed by atoms with E-state index in [1.807, 2.05) is 44.2 Å². The van der Waals surface area contributed by atoms with Gasteiger partial charge in [0.1, 0.15) is 5.84 Å². The fraction of sp³-hybridized carbons (Fsp3) is 0.167. The van der Waals surface area contributed by atoms with Gasteiger partial charge in [-0.25, -0.2) is 0 Å². The van der Waals surface area contributed by atoms with Crippen molar-refractivity contribution in [3.8, 4) is 0 Å². The molecule has 3 N–H and O–H groups in total. The summed E-state index contributed by atoms with van der Waals surface area (Å²) in [6.45, 7) is 4.00. The number of rotatable bonds is 1. The van der Waals surface area contributed by atoms with Crippen molar-refractivity contribution in [2.75, 3.05) is 0 Å². The zero-order chi connectivity index (χ0) is 13.1. The predicted molar refractivity (Wildman–Crippen MR) is 70.7 cm³/mol. The molecule has 0 aliphatic rings. The molecule has 0 saturated heterocycles. The summed E-state index contributed by atoms with van der Waals surface area (Å²) in [6, 6.07) is 9.51. The quantitative estimate of drug-likeness (QED) is 0.500. The van der Waals surface area contributed by atoms with E-state index in [-0.39, 0.29) is 5.84 Å². The molecule has 6 nitrogen and oxygen atoms in total. The lowest BCUT2D eigenvalue weighted by atomic mass is 10.1. The number of hydrogen-bond acceptors (Lipinski definition) is 4. The molecule has 0 saturated carbocycles. The first-order chi connectivity index (χ1) is 8.77. The van der Waals surface area contributed by atoms with Crippen molar-refractivity contribution >= 4 is 22.4 Å². The largest absolute Gasteiger partial charge is 0.384 e. The minimum atomic E-state index is -0.0365. The monoisotopic (exact) mass is 242 g/mol. The molecule has 18 heavy (non-hydrogen) atoms. The fourth-order valence-electron chi connectivity index (χ4n) is 1.74. The Labute approximate surface area is 104 Å². The maximum Gasteiger partial charge on any atom is 0.190 e. The molecule has 0 aliphatic carbocycles. The van der Waals surface area contributed by atoms with Crippen LogP contribution in [0.25, 0.3) is 16.6 Å². The molecule has 1 aromatic carbocycles. The number of nitrogens with zero attached hydrogens (tertiary/aromatic N) is 4. The second kappa shape index (κ2) is 4.79. The molecular weight excluding hydrogens is 228 g/mol. The number of nitrogens with two attached hydrogens (primary N) is 1. The number of amidine groups is 1. The van der Waals surface area contributed by atoms with E-state index in [0.29, 0.717) is 11.2 Å². The molecule has 0 spiro atoms. The summed E-state index contributed by atoms with van der Waals surface area (Å²) >= 11 is 0. The molecule has 2 heterocycles. The SMILES string of the molecule is CC.N=C(N)c1cc2ccccc2n2nnnc12. The number of nitrogen functional groups attached to an aromatic ring is 1. The second-order valence-corrected chi connectivity index (χ2v) is 3.44. The van der Waals surface area contributed by atoms with Crippen molar-refractivity contribution in [3.63, 3.8) is 0 Å². The van der Waals surface area contributed by atoms with Crippen LogP contribution in [0.4, 0.5) is 0 Å². The summed E-state index contributed by atoms with van der Waals surface area (Å²) in [5.41, 5.74) is 7.45. The van der Waals surface area contributed by atoms with Gasteiger partial charge in [-0.15, -0.1) is 5.10 Å². The topological polar surface area (TPSA) is 93.0 Å². The number of aromatic nitrogens is 4. The summed E-state index contributed by atoms with van der Waals surface area (Å²) in [5.74, 6) is -0.0365. The highest BCUT2D eigenvalue weighted by molar-refractivity contribution is 6.03. The van der Waals surface area contributed by atoms with Gasteiger partial charge in [0.25, 0.3) is 0 Å². The highest BCUT2D eigenvalue weighted by atomic mass is 15.5. The van der Waals surface area contributed by atoms with E-state index in [1.54, 1.807) is 4.52 Å². The van der Waals surface area contributed by atoms with Crippen molar-refractivity contribution in [1.29, 1.82) is 5.41 Å². The molecule has 2 aromatic heterocycles. The van der Waals surface area contributed by atoms with Crippen LogP contribution < -0.4 is 5.73 Å². The van der Waals surface area contributed by atoms with Gasteiger partial charge in [-0.2, -0.15) is 4.52 Å². The predicted octanol–water partition coefficient (Wildman–Crippen LogP) is 1.59. The number of benzene rings is 1. The molecule has 0 aliphatic heterocycles. The number of para-hydroxylation sites is 1. The van der Waals surface area contributed by atoms with E-state index in [1.165, 1.54) is 0 Å². The third-order valence-electron chi connectivity index (χ3n) is 2.47. The van der Waals surface area contributed by atoms with Gasteiger partial charge < -0.3 is 5.73 Å². The van der Waals surface area contributed by atoms with Crippen molar-refractivity contribution < 1.29 is 0 Å². The van der Waals surface area contributed by atoms with Crippen LogP contribution in [0.1, 0.15) is 19.4 Å². The molecule has 3 rings (SSSR count). The third kappa shape index (κ3) is 1.77. The van der Waals surface area contributed by atoms with Crippen LogP contribution in [0.15, 0.2) is 30.3 Å². The Bertz CT molecular complexity index is 700. The van der Waals surface area contributed by atoms with Gasteiger partial charge >= 0.3 is 0 Å². The minimum Gasteiger partial charge on any atom is -0.384 e. The molecule has 0 unspecified atom stereocenters. The first-order valence-corrected chi connectivity index (χ1v) is 5.71. The van der Waals surface area contributed by atoms with Crippen molar-refractivity contribution in [3.05, 3.63) is 35.9 Å². The Morgan fingerprint density at radius 1 is 1.28 bits per heavy atom. The maximum absolute atomic E-state index is 7.50. The van der Waals surface area contributed by atoms with Gasteiger partial charge in [-0.05, 0) is 22.6 Å². The summed E-state index contributed by atoms with van der Waals surface area (Å²) in [6.07, 6.45) is 0. The lowest BCUT2D eigenvalue weighted by Gasteiger charge is -2.03. The van der Waals surface area contributed by atoms with Crippen molar-refractivity contribution in [2.24, 2.45) is 5.73 Å². The highest BCUT2D eigenvalue weighted by Crippen LogP contribution is 2.18. The number of pyridine rings is 1. The summed E-state index contributed by atoms with van der Waals surface area (Å²) < 4.78 is 1.59. The van der Waals surface area contributed by atoms with Crippen LogP contribution in [-0.2, 0) is 0 Å². The van der Waals surface area contributed by atoms with Crippen LogP contribution in [0, 0.1) is 5.41 Å².